The van der Waals surface area contributed by atoms with Crippen LogP contribution in [-0.2, 0) is 32.7 Å². The van der Waals surface area contributed by atoms with Gasteiger partial charge in [0.1, 0.15) is 19.8 Å². The van der Waals surface area contributed by atoms with E-state index in [1.807, 2.05) is 75.8 Å². The van der Waals surface area contributed by atoms with E-state index >= 15 is 0 Å². The highest BCUT2D eigenvalue weighted by molar-refractivity contribution is 7.47. The number of rotatable bonds is 35. The summed E-state index contributed by atoms with van der Waals surface area (Å²) in [5.41, 5.74) is 0. The van der Waals surface area contributed by atoms with Crippen LogP contribution >= 0.6 is 7.82 Å². The van der Waals surface area contributed by atoms with Crippen LogP contribution in [0, 0.1) is 0 Å². The third kappa shape index (κ3) is 41.9. The van der Waals surface area contributed by atoms with Crippen LogP contribution in [0.1, 0.15) is 110 Å². The number of hydrogen-bond acceptors (Lipinski definition) is 7. The summed E-state index contributed by atoms with van der Waals surface area (Å²) in [6.07, 6.45) is 52.7. The van der Waals surface area contributed by atoms with Crippen molar-refractivity contribution in [2.24, 2.45) is 0 Å². The third-order valence-electron chi connectivity index (χ3n) is 7.87. The molecule has 1 N–H and O–H groups in total. The molecule has 0 aromatic heterocycles. The van der Waals surface area contributed by atoms with Crippen LogP contribution in [0.4, 0.5) is 0 Å². The second kappa shape index (κ2) is 38.0. The minimum atomic E-state index is -4.41. The van der Waals surface area contributed by atoms with Gasteiger partial charge < -0.3 is 18.9 Å². The Labute approximate surface area is 346 Å². The number of phosphoric acid groups is 1. The first-order chi connectivity index (χ1) is 27.5. The van der Waals surface area contributed by atoms with Crippen molar-refractivity contribution in [3.05, 3.63) is 122 Å². The molecule has 0 aliphatic heterocycles. The smallest absolute Gasteiger partial charge is 0.462 e. The average molecular weight is 813 g/mol. The number of likely N-dealkylation sites (N-methyl/N-ethyl adjacent to an activating group) is 1. The Balaban J connectivity index is 4.54. The third-order valence-corrected chi connectivity index (χ3v) is 8.85. The number of carbonyl (C=O) groups is 2. The van der Waals surface area contributed by atoms with Crippen molar-refractivity contribution >= 4 is 19.8 Å². The minimum Gasteiger partial charge on any atom is -0.462 e. The van der Waals surface area contributed by atoms with Crippen LogP contribution in [0.2, 0.25) is 0 Å². The van der Waals surface area contributed by atoms with Gasteiger partial charge in [0.05, 0.1) is 27.7 Å². The summed E-state index contributed by atoms with van der Waals surface area (Å²) < 4.78 is 34.1. The fourth-order valence-corrected chi connectivity index (χ4v) is 5.40. The first-order valence-electron chi connectivity index (χ1n) is 20.8. The van der Waals surface area contributed by atoms with Crippen molar-refractivity contribution in [2.45, 2.75) is 116 Å². The number of carbonyl (C=O) groups excluding carboxylic acids is 2. The van der Waals surface area contributed by atoms with Gasteiger partial charge in [-0.25, -0.2) is 4.57 Å². The molecule has 10 heteroatoms. The lowest BCUT2D eigenvalue weighted by molar-refractivity contribution is -0.870. The number of unbranched alkanes of at least 4 members (excludes halogenated alkanes) is 5. The van der Waals surface area contributed by atoms with Gasteiger partial charge in [-0.15, -0.1) is 0 Å². The van der Waals surface area contributed by atoms with Crippen LogP contribution in [0.25, 0.3) is 0 Å². The Morgan fingerprint density at radius 1 is 0.561 bits per heavy atom. The lowest BCUT2D eigenvalue weighted by Gasteiger charge is -2.24. The van der Waals surface area contributed by atoms with Crippen LogP contribution in [-0.4, -0.2) is 74.9 Å². The van der Waals surface area contributed by atoms with Gasteiger partial charge >= 0.3 is 19.8 Å². The molecule has 0 amide bonds. The summed E-state index contributed by atoms with van der Waals surface area (Å²) in [4.78, 5) is 35.3. The maximum absolute atomic E-state index is 12.6. The van der Waals surface area contributed by atoms with Gasteiger partial charge in [0.2, 0.25) is 0 Å². The summed E-state index contributed by atoms with van der Waals surface area (Å²) in [7, 11) is 1.39. The fraction of sp³-hybridized carbons (Fsp3) is 0.532. The van der Waals surface area contributed by atoms with Crippen LogP contribution in [0.5, 0.6) is 0 Å². The molecule has 320 valence electrons. The predicted octanol–water partition coefficient (Wildman–Crippen LogP) is 11.7. The molecule has 0 spiro atoms. The van der Waals surface area contributed by atoms with Crippen LogP contribution < -0.4 is 0 Å². The summed E-state index contributed by atoms with van der Waals surface area (Å²) in [5, 5.41) is 0. The first kappa shape index (κ1) is 53.4. The lowest BCUT2D eigenvalue weighted by Crippen LogP contribution is -2.37. The van der Waals surface area contributed by atoms with E-state index in [1.165, 1.54) is 0 Å². The second-order valence-corrected chi connectivity index (χ2v) is 15.8. The van der Waals surface area contributed by atoms with E-state index in [-0.39, 0.29) is 26.1 Å². The molecule has 0 heterocycles. The summed E-state index contributed by atoms with van der Waals surface area (Å²) in [6.45, 7) is 4.00. The molecule has 0 aliphatic rings. The molecule has 0 saturated heterocycles. The Morgan fingerprint density at radius 3 is 1.63 bits per heavy atom. The standard InChI is InChI=1S/C47H74NO8P/c1-6-8-10-12-14-16-18-20-21-22-23-24-25-26-28-29-31-33-35-37-39-46(49)53-43-45(44-55-57(51,52)54-42-41-48(3,4)5)56-47(50)40-38-36-34-32-30-27-19-17-15-13-11-9-7-2/h8-11,13-17,19-21,23-24,26-28,30,32,34,45H,6-7,12,18,22,25,29,31,33,35-44H2,1-5H3/p+1/b10-8+,11-9+,15-13+,16-14+,19-17+,21-20+,24-23+,28-26+,30-27+,34-32+. The van der Waals surface area contributed by atoms with Crippen molar-refractivity contribution in [3.8, 4) is 0 Å². The van der Waals surface area contributed by atoms with Gasteiger partial charge in [0.15, 0.2) is 6.10 Å². The highest BCUT2D eigenvalue weighted by Gasteiger charge is 2.27. The number of phosphoric ester groups is 1. The molecule has 9 nitrogen and oxygen atoms in total. The van der Waals surface area contributed by atoms with Gasteiger partial charge in [0.25, 0.3) is 0 Å². The van der Waals surface area contributed by atoms with E-state index in [1.54, 1.807) is 0 Å². The summed E-state index contributed by atoms with van der Waals surface area (Å²) in [6, 6.07) is 0. The molecule has 0 rings (SSSR count). The van der Waals surface area contributed by atoms with E-state index in [0.29, 0.717) is 30.3 Å². The van der Waals surface area contributed by atoms with Crippen molar-refractivity contribution in [2.75, 3.05) is 47.5 Å². The Bertz CT molecular complexity index is 1380. The average Bonchev–Trinajstić information content (AvgIpc) is 3.16. The Morgan fingerprint density at radius 2 is 1.05 bits per heavy atom. The number of quaternary nitrogens is 1. The molecule has 2 unspecified atom stereocenters. The zero-order chi connectivity index (χ0) is 42.1. The van der Waals surface area contributed by atoms with Gasteiger partial charge in [-0.3, -0.25) is 18.6 Å². The van der Waals surface area contributed by atoms with E-state index in [9.17, 15) is 19.0 Å². The number of nitrogens with zero attached hydrogens (tertiary/aromatic N) is 1. The molecule has 0 bridgehead atoms. The van der Waals surface area contributed by atoms with Gasteiger partial charge in [0, 0.05) is 12.8 Å². The highest BCUT2D eigenvalue weighted by atomic mass is 31.2. The van der Waals surface area contributed by atoms with Gasteiger partial charge in [-0.1, -0.05) is 148 Å². The SMILES string of the molecule is CC/C=C/C=C/C=C/C=C/C=C/CCCC(=O)OC(COC(=O)CCCCCC/C=C/C/C=C/C/C=C/C/C=C/C/C=C/CC)COP(=O)(O)OCC[N+](C)(C)C. The number of ether oxygens (including phenoxy) is 2. The lowest BCUT2D eigenvalue weighted by atomic mass is 10.1. The van der Waals surface area contributed by atoms with Crippen molar-refractivity contribution < 1.29 is 42.1 Å². The molecule has 0 aromatic carbocycles. The van der Waals surface area contributed by atoms with E-state index in [4.69, 9.17) is 18.5 Å². The van der Waals surface area contributed by atoms with Gasteiger partial charge in [-0.05, 0) is 70.6 Å². The molecular formula is C47H75NO8P+. The molecule has 0 fully saturated rings. The topological polar surface area (TPSA) is 108 Å². The van der Waals surface area contributed by atoms with Crippen molar-refractivity contribution in [1.82, 2.24) is 0 Å². The number of allylic oxidation sites excluding steroid dienone is 20. The van der Waals surface area contributed by atoms with Crippen molar-refractivity contribution in [3.63, 3.8) is 0 Å². The van der Waals surface area contributed by atoms with Gasteiger partial charge in [-0.2, -0.15) is 0 Å². The summed E-state index contributed by atoms with van der Waals surface area (Å²) in [5.74, 6) is -0.931. The molecular weight excluding hydrogens is 737 g/mol. The zero-order valence-electron chi connectivity index (χ0n) is 35.8. The summed E-state index contributed by atoms with van der Waals surface area (Å²) >= 11 is 0. The number of esters is 2. The maximum Gasteiger partial charge on any atom is 0.472 e. The van der Waals surface area contributed by atoms with E-state index < -0.39 is 32.5 Å². The molecule has 0 radical (unpaired) electrons. The first-order valence-corrected chi connectivity index (χ1v) is 22.3. The molecule has 0 saturated carbocycles. The Kier molecular flexibility index (Phi) is 35.6. The number of hydrogen-bond donors (Lipinski definition) is 1. The molecule has 57 heavy (non-hydrogen) atoms. The molecule has 2 atom stereocenters. The normalized spacial score (nSPS) is 14.8. The van der Waals surface area contributed by atoms with Crippen LogP contribution in [0.3, 0.4) is 0 Å². The zero-order valence-corrected chi connectivity index (χ0v) is 36.7. The van der Waals surface area contributed by atoms with Crippen LogP contribution in [0.15, 0.2) is 122 Å². The Hall–Kier alpha value is -3.59. The predicted molar refractivity (Wildman–Crippen MR) is 237 cm³/mol. The molecule has 0 aromatic rings. The monoisotopic (exact) mass is 813 g/mol. The quantitative estimate of drug-likeness (QED) is 0.0168. The second-order valence-electron chi connectivity index (χ2n) is 14.4. The minimum absolute atomic E-state index is 0.00568. The molecule has 0 aliphatic carbocycles. The van der Waals surface area contributed by atoms with E-state index in [0.717, 1.165) is 64.2 Å². The highest BCUT2D eigenvalue weighted by Crippen LogP contribution is 2.43. The maximum atomic E-state index is 12.6. The van der Waals surface area contributed by atoms with Crippen molar-refractivity contribution in [1.29, 1.82) is 0 Å². The largest absolute Gasteiger partial charge is 0.472 e. The fourth-order valence-electron chi connectivity index (χ4n) is 4.66. The van der Waals surface area contributed by atoms with E-state index in [2.05, 4.69) is 80.7 Å².